The van der Waals surface area contributed by atoms with Gasteiger partial charge in [0.2, 0.25) is 0 Å². The summed E-state index contributed by atoms with van der Waals surface area (Å²) >= 11 is 0. The second-order valence-electron chi connectivity index (χ2n) is 14.9. The van der Waals surface area contributed by atoms with E-state index in [-0.39, 0.29) is 11.5 Å². The largest absolute Gasteiger partial charge is 0.458 e. The summed E-state index contributed by atoms with van der Waals surface area (Å²) in [6.45, 7) is 13.9. The van der Waals surface area contributed by atoms with Crippen molar-refractivity contribution in [2.45, 2.75) is 137 Å². The molecular weight excluding hydrogens is 496 g/mol. The molecule has 2 saturated carbocycles. The van der Waals surface area contributed by atoms with E-state index in [2.05, 4.69) is 52.8 Å². The molecule has 6 atom stereocenters. The number of nitrogens with two attached hydrogens (primary N) is 1. The summed E-state index contributed by atoms with van der Waals surface area (Å²) < 4.78 is 6.19. The number of nitroso groups, excluding NO2 is 1. The molecule has 0 aromatic heterocycles. The van der Waals surface area contributed by atoms with Crippen molar-refractivity contribution in [2.75, 3.05) is 0 Å². The highest BCUT2D eigenvalue weighted by Gasteiger charge is 2.65. The van der Waals surface area contributed by atoms with Crippen LogP contribution in [0.1, 0.15) is 125 Å². The number of carbonyl (C=O) groups is 1. The molecule has 0 saturated heterocycles. The molecule has 2 fully saturated rings. The minimum atomic E-state index is -0.458. The van der Waals surface area contributed by atoms with E-state index in [0.717, 1.165) is 44.4 Å². The van der Waals surface area contributed by atoms with Gasteiger partial charge in [-0.15, -0.1) is 4.91 Å². The van der Waals surface area contributed by atoms with Gasteiger partial charge in [0.15, 0.2) is 0 Å². The van der Waals surface area contributed by atoms with E-state index in [1.165, 1.54) is 44.1 Å². The maximum absolute atomic E-state index is 13.2. The Balaban J connectivity index is 1.37. The Kier molecular flexibility index (Phi) is 7.87. The summed E-state index contributed by atoms with van der Waals surface area (Å²) in [4.78, 5) is 24.6. The van der Waals surface area contributed by atoms with E-state index in [1.807, 2.05) is 6.08 Å². The van der Waals surface area contributed by atoms with Crippen LogP contribution in [-0.2, 0) is 9.53 Å². The number of rotatable bonds is 7. The molecule has 0 aromatic rings. The number of ether oxygens (including phenoxy) is 1. The predicted molar refractivity (Wildman–Crippen MR) is 162 cm³/mol. The number of fused-ring (bicyclic) bond motifs is 4. The Morgan fingerprint density at radius 2 is 1.85 bits per heavy atom. The van der Waals surface area contributed by atoms with E-state index < -0.39 is 16.9 Å². The zero-order valence-electron chi connectivity index (χ0n) is 25.9. The summed E-state index contributed by atoms with van der Waals surface area (Å²) in [7, 11) is 0. The van der Waals surface area contributed by atoms with E-state index in [0.29, 0.717) is 29.0 Å². The highest BCUT2D eigenvalue weighted by molar-refractivity contribution is 5.93. The second-order valence-corrected chi connectivity index (χ2v) is 14.9. The Morgan fingerprint density at radius 1 is 1.07 bits per heavy atom. The van der Waals surface area contributed by atoms with Gasteiger partial charge >= 0.3 is 5.97 Å². The zero-order valence-corrected chi connectivity index (χ0v) is 25.9. The number of hydrogen-bond donors (Lipinski definition) is 1. The van der Waals surface area contributed by atoms with Crippen molar-refractivity contribution in [3.63, 3.8) is 0 Å². The first kappa shape index (κ1) is 29.5. The lowest BCUT2D eigenvalue weighted by Gasteiger charge is -2.65. The van der Waals surface area contributed by atoms with E-state index >= 15 is 0 Å². The van der Waals surface area contributed by atoms with Gasteiger partial charge in [0.1, 0.15) is 6.10 Å². The fourth-order valence-electron chi connectivity index (χ4n) is 9.90. The summed E-state index contributed by atoms with van der Waals surface area (Å²) in [6.07, 6.45) is 19.7. The van der Waals surface area contributed by atoms with Crippen LogP contribution in [0.3, 0.4) is 0 Å². The van der Waals surface area contributed by atoms with Gasteiger partial charge < -0.3 is 10.5 Å². The van der Waals surface area contributed by atoms with Crippen molar-refractivity contribution in [1.29, 1.82) is 0 Å². The molecule has 5 rings (SSSR count). The third-order valence-electron chi connectivity index (χ3n) is 12.6. The molecule has 0 heterocycles. The van der Waals surface area contributed by atoms with Crippen molar-refractivity contribution in [3.8, 4) is 0 Å². The molecule has 2 N–H and O–H groups in total. The van der Waals surface area contributed by atoms with Gasteiger partial charge in [-0.05, 0) is 126 Å². The van der Waals surface area contributed by atoms with Crippen LogP contribution in [0.15, 0.2) is 51.4 Å². The standard InChI is InChI=1S/C35H52N2O3/c1-23(2)11-7-8-12-24-15-16-27-25-17-22-35(36)32(3,4)30(40-31(38)26-13-9-10-14-29(26)37-39)19-21-34(35,6)28(25)18-20-33(24,27)5/h9,11,13,24,27,30H,7-8,10,12,14-22,36H2,1-6H3/t24-,27?,30-,33+,34+,35?/m0/s1. The number of hydrogen-bond acceptors (Lipinski definition) is 5. The van der Waals surface area contributed by atoms with Crippen molar-refractivity contribution in [3.05, 3.63) is 51.1 Å². The molecule has 0 aromatic carbocycles. The van der Waals surface area contributed by atoms with Gasteiger partial charge in [0, 0.05) is 16.4 Å². The highest BCUT2D eigenvalue weighted by Crippen LogP contribution is 2.68. The van der Waals surface area contributed by atoms with E-state index in [9.17, 15) is 9.70 Å². The molecular formula is C35H52N2O3. The lowest BCUT2D eigenvalue weighted by molar-refractivity contribution is -0.168. The third kappa shape index (κ3) is 4.50. The zero-order chi connectivity index (χ0) is 28.9. The normalized spacial score (nSPS) is 38.3. The molecule has 5 nitrogen and oxygen atoms in total. The van der Waals surface area contributed by atoms with Gasteiger partial charge in [-0.3, -0.25) is 0 Å². The van der Waals surface area contributed by atoms with Gasteiger partial charge in [0.25, 0.3) is 0 Å². The lowest BCUT2D eigenvalue weighted by Crippen LogP contribution is -2.71. The molecule has 0 spiro atoms. The average Bonchev–Trinajstić information content (AvgIpc) is 3.26. The molecule has 5 heteroatoms. The van der Waals surface area contributed by atoms with Gasteiger partial charge in [-0.2, -0.15) is 0 Å². The SMILES string of the molecule is CC(C)=CCCC[C@H]1CCC2C3=C(CC[C@@]21C)[C@@]1(C)CC[C@H](OC(=O)C2=C(N=O)CCC=C2)C(C)(C)C1(N)CC3. The summed E-state index contributed by atoms with van der Waals surface area (Å²) in [5, 5.41) is 3.12. The molecule has 40 heavy (non-hydrogen) atoms. The van der Waals surface area contributed by atoms with Crippen molar-refractivity contribution in [1.82, 2.24) is 0 Å². The lowest BCUT2D eigenvalue weighted by atomic mass is 9.42. The van der Waals surface area contributed by atoms with Crippen LogP contribution in [-0.4, -0.2) is 17.6 Å². The Labute approximate surface area is 242 Å². The number of esters is 1. The first-order valence-corrected chi connectivity index (χ1v) is 16.0. The topological polar surface area (TPSA) is 81.8 Å². The van der Waals surface area contributed by atoms with Crippen LogP contribution in [0.5, 0.6) is 0 Å². The second kappa shape index (κ2) is 10.7. The van der Waals surface area contributed by atoms with Gasteiger partial charge in [-0.25, -0.2) is 4.79 Å². The molecule has 0 radical (unpaired) electrons. The van der Waals surface area contributed by atoms with E-state index in [1.54, 1.807) is 17.2 Å². The number of nitrogens with zero attached hydrogens (tertiary/aromatic N) is 1. The molecule has 5 aliphatic carbocycles. The van der Waals surface area contributed by atoms with Gasteiger partial charge in [-0.1, -0.05) is 56.6 Å². The first-order chi connectivity index (χ1) is 18.9. The molecule has 0 amide bonds. The van der Waals surface area contributed by atoms with E-state index in [4.69, 9.17) is 10.5 Å². The molecule has 0 bridgehead atoms. The summed E-state index contributed by atoms with van der Waals surface area (Å²) in [5.74, 6) is 1.10. The minimum Gasteiger partial charge on any atom is -0.458 e. The maximum atomic E-state index is 13.2. The van der Waals surface area contributed by atoms with Crippen LogP contribution >= 0.6 is 0 Å². The first-order valence-electron chi connectivity index (χ1n) is 16.0. The highest BCUT2D eigenvalue weighted by atomic mass is 16.5. The summed E-state index contributed by atoms with van der Waals surface area (Å²) in [6, 6.07) is 0. The number of carbonyl (C=O) groups excluding carboxylic acids is 1. The predicted octanol–water partition coefficient (Wildman–Crippen LogP) is 8.85. The monoisotopic (exact) mass is 548 g/mol. The number of allylic oxidation sites excluding steroid dienone is 5. The van der Waals surface area contributed by atoms with Gasteiger partial charge in [0.05, 0.1) is 11.3 Å². The van der Waals surface area contributed by atoms with Crippen molar-refractivity contribution < 1.29 is 9.53 Å². The van der Waals surface area contributed by atoms with Crippen LogP contribution in [0, 0.1) is 33.0 Å². The fourth-order valence-corrected chi connectivity index (χ4v) is 9.90. The molecule has 2 unspecified atom stereocenters. The smallest absolute Gasteiger partial charge is 0.340 e. The quantitative estimate of drug-likeness (QED) is 0.149. The van der Waals surface area contributed by atoms with Crippen LogP contribution in [0.25, 0.3) is 0 Å². The minimum absolute atomic E-state index is 0.0879. The molecule has 5 aliphatic rings. The Hall–Kier alpha value is -2.01. The Bertz CT molecular complexity index is 1170. The van der Waals surface area contributed by atoms with Crippen LogP contribution < -0.4 is 5.73 Å². The fraction of sp³-hybridized carbons (Fsp3) is 0.743. The number of unbranched alkanes of at least 4 members (excludes halogenated alkanes) is 1. The molecule has 220 valence electrons. The maximum Gasteiger partial charge on any atom is 0.340 e. The Morgan fingerprint density at radius 3 is 2.58 bits per heavy atom. The summed E-state index contributed by atoms with van der Waals surface area (Å²) in [5.41, 5.74) is 12.5. The average molecular weight is 549 g/mol. The van der Waals surface area contributed by atoms with Crippen LogP contribution in [0.4, 0.5) is 0 Å². The molecule has 0 aliphatic heterocycles. The van der Waals surface area contributed by atoms with Crippen LogP contribution in [0.2, 0.25) is 0 Å². The third-order valence-corrected chi connectivity index (χ3v) is 12.6. The van der Waals surface area contributed by atoms with Crippen molar-refractivity contribution in [2.24, 2.45) is 39.0 Å². The van der Waals surface area contributed by atoms with Crippen molar-refractivity contribution >= 4 is 5.97 Å².